The first-order chi connectivity index (χ1) is 46.7. The molecule has 0 radical (unpaired) electrons. The van der Waals surface area contributed by atoms with Gasteiger partial charge in [-0.3, -0.25) is 37.3 Å². The van der Waals surface area contributed by atoms with Gasteiger partial charge < -0.3 is 33.8 Å². The van der Waals surface area contributed by atoms with E-state index in [9.17, 15) is 43.2 Å². The van der Waals surface area contributed by atoms with Crippen LogP contribution in [0, 0.1) is 0 Å². The minimum absolute atomic E-state index is 0.0715. The SMILES string of the molecule is CC/C=C\C/C=C\C/C=C\C/C=C\CCCCC(=O)OCC(COP(=O)(O)OCC(O)COP(=O)(O)OCC(COC(=O)CCCCCCC/C=C\C/C=C\C/C=C\CC)OC(=O)CCCCCCC/C=C\C/C=C\CCC)OC(=O)CCCCCCC/C=C\CCCCCC. The zero-order chi connectivity index (χ0) is 70.4. The summed E-state index contributed by atoms with van der Waals surface area (Å²) in [6, 6.07) is 0. The van der Waals surface area contributed by atoms with Gasteiger partial charge in [0.05, 0.1) is 26.4 Å². The molecule has 0 aliphatic carbocycles. The Balaban J connectivity index is 5.40. The number of ether oxygens (including phenoxy) is 4. The Morgan fingerprint density at radius 3 is 0.906 bits per heavy atom. The molecule has 96 heavy (non-hydrogen) atoms. The van der Waals surface area contributed by atoms with Crippen LogP contribution in [0.25, 0.3) is 0 Å². The lowest BCUT2D eigenvalue weighted by atomic mass is 10.1. The first-order valence-electron chi connectivity index (χ1n) is 36.8. The Hall–Kier alpha value is -4.54. The van der Waals surface area contributed by atoms with Crippen molar-refractivity contribution in [3.8, 4) is 0 Å². The Labute approximate surface area is 581 Å². The molecular formula is C77H130O17P2. The summed E-state index contributed by atoms with van der Waals surface area (Å²) in [7, 11) is -9.97. The van der Waals surface area contributed by atoms with Gasteiger partial charge in [-0.05, 0) is 148 Å². The number of rotatable bonds is 68. The van der Waals surface area contributed by atoms with E-state index in [1.807, 2.05) is 0 Å². The predicted molar refractivity (Wildman–Crippen MR) is 390 cm³/mol. The van der Waals surface area contributed by atoms with E-state index in [1.165, 1.54) is 25.7 Å². The number of phosphoric acid groups is 2. The standard InChI is InChI=1S/C77H130O17P2/c1-5-9-13-17-21-25-29-33-35-39-41-45-49-53-57-61-74(79)87-67-72(93-76(81)63-59-55-51-47-43-37-31-27-23-19-15-11-7-3)69-91-95(83,84)89-65-71(78)66-90-96(85,86)92-70-73(94-77(82)64-60-56-52-48-44-38-32-28-24-20-16-12-8-4)68-88-75(80)62-58-54-50-46-42-40-36-34-30-26-22-18-14-10-6-2/h9-10,13-15,19,21-22,25-28,31-36,42,46,71-73,78H,5-8,11-12,16-18,20,23-24,29-30,37-41,43-45,47-70H2,1-4H3,(H,83,84)(H,85,86)/b13-9-,14-10-,19-15-,25-21-,26-22-,31-27-,32-28-,35-33-,36-34-,46-42-. The molecule has 0 aromatic carbocycles. The lowest BCUT2D eigenvalue weighted by Gasteiger charge is -2.21. The van der Waals surface area contributed by atoms with Gasteiger partial charge in [-0.1, -0.05) is 233 Å². The fourth-order valence-electron chi connectivity index (χ4n) is 9.32. The molecule has 0 heterocycles. The fraction of sp³-hybridized carbons (Fsp3) is 0.688. The number of allylic oxidation sites excluding steroid dienone is 20. The first-order valence-corrected chi connectivity index (χ1v) is 39.8. The van der Waals surface area contributed by atoms with E-state index < -0.39 is 97.5 Å². The lowest BCUT2D eigenvalue weighted by molar-refractivity contribution is -0.161. The molecule has 0 bridgehead atoms. The van der Waals surface area contributed by atoms with Crippen molar-refractivity contribution in [1.29, 1.82) is 0 Å². The van der Waals surface area contributed by atoms with Crippen molar-refractivity contribution in [2.75, 3.05) is 39.6 Å². The summed E-state index contributed by atoms with van der Waals surface area (Å²) >= 11 is 0. The van der Waals surface area contributed by atoms with Gasteiger partial charge in [0.15, 0.2) is 12.2 Å². The molecular weight excluding hydrogens is 1260 g/mol. The largest absolute Gasteiger partial charge is 0.472 e. The summed E-state index contributed by atoms with van der Waals surface area (Å²) < 4.78 is 68.3. The normalized spacial score (nSPS) is 14.7. The highest BCUT2D eigenvalue weighted by Crippen LogP contribution is 2.45. The van der Waals surface area contributed by atoms with Gasteiger partial charge in [0.2, 0.25) is 0 Å². The molecule has 0 amide bonds. The molecule has 0 saturated carbocycles. The molecule has 17 nitrogen and oxygen atoms in total. The number of unbranched alkanes of at least 4 members (excludes halogenated alkanes) is 22. The molecule has 550 valence electrons. The van der Waals surface area contributed by atoms with E-state index in [1.54, 1.807) is 0 Å². The zero-order valence-corrected chi connectivity index (χ0v) is 61.5. The molecule has 0 rings (SSSR count). The lowest BCUT2D eigenvalue weighted by Crippen LogP contribution is -2.30. The topological polar surface area (TPSA) is 237 Å². The molecule has 0 aliphatic heterocycles. The molecule has 0 spiro atoms. The van der Waals surface area contributed by atoms with Crippen molar-refractivity contribution in [1.82, 2.24) is 0 Å². The second kappa shape index (κ2) is 69.0. The number of aliphatic hydroxyl groups is 1. The average Bonchev–Trinajstić information content (AvgIpc) is 1.14. The number of esters is 4. The minimum atomic E-state index is -4.99. The Kier molecular flexibility index (Phi) is 65.7. The number of hydrogen-bond donors (Lipinski definition) is 3. The van der Waals surface area contributed by atoms with Gasteiger partial charge in [-0.2, -0.15) is 0 Å². The fourth-order valence-corrected chi connectivity index (χ4v) is 10.9. The molecule has 19 heteroatoms. The highest BCUT2D eigenvalue weighted by molar-refractivity contribution is 7.47. The van der Waals surface area contributed by atoms with Crippen molar-refractivity contribution in [2.45, 2.75) is 303 Å². The van der Waals surface area contributed by atoms with E-state index in [4.69, 9.17) is 37.0 Å². The third kappa shape index (κ3) is 68.0. The number of phosphoric ester groups is 2. The van der Waals surface area contributed by atoms with E-state index in [0.29, 0.717) is 25.7 Å². The third-order valence-corrected chi connectivity index (χ3v) is 16.8. The van der Waals surface area contributed by atoms with Crippen molar-refractivity contribution in [3.05, 3.63) is 122 Å². The number of carbonyl (C=O) groups is 4. The maximum Gasteiger partial charge on any atom is 0.472 e. The van der Waals surface area contributed by atoms with Gasteiger partial charge in [-0.15, -0.1) is 0 Å². The van der Waals surface area contributed by atoms with Crippen molar-refractivity contribution >= 4 is 39.5 Å². The van der Waals surface area contributed by atoms with Crippen LogP contribution in [0.5, 0.6) is 0 Å². The Morgan fingerprint density at radius 2 is 0.562 bits per heavy atom. The minimum Gasteiger partial charge on any atom is -0.462 e. The van der Waals surface area contributed by atoms with Crippen LogP contribution in [0.2, 0.25) is 0 Å². The Morgan fingerprint density at radius 1 is 0.302 bits per heavy atom. The third-order valence-electron chi connectivity index (χ3n) is 14.9. The van der Waals surface area contributed by atoms with Crippen molar-refractivity contribution in [3.63, 3.8) is 0 Å². The molecule has 0 aromatic rings. The molecule has 0 aliphatic rings. The van der Waals surface area contributed by atoms with Crippen LogP contribution >= 0.6 is 15.6 Å². The predicted octanol–water partition coefficient (Wildman–Crippen LogP) is 20.8. The monoisotopic (exact) mass is 1390 g/mol. The van der Waals surface area contributed by atoms with E-state index in [-0.39, 0.29) is 25.7 Å². The Bertz CT molecular complexity index is 2300. The van der Waals surface area contributed by atoms with Gasteiger partial charge in [0, 0.05) is 25.7 Å². The molecule has 0 saturated heterocycles. The van der Waals surface area contributed by atoms with E-state index in [2.05, 4.69) is 149 Å². The van der Waals surface area contributed by atoms with Crippen LogP contribution in [-0.4, -0.2) is 96.7 Å². The van der Waals surface area contributed by atoms with Crippen LogP contribution in [0.1, 0.15) is 285 Å². The number of carbonyl (C=O) groups excluding carboxylic acids is 4. The summed E-state index contributed by atoms with van der Waals surface area (Å²) in [5, 5.41) is 10.6. The van der Waals surface area contributed by atoms with Gasteiger partial charge in [-0.25, -0.2) is 9.13 Å². The van der Waals surface area contributed by atoms with Crippen molar-refractivity contribution < 1.29 is 80.2 Å². The molecule has 5 unspecified atom stereocenters. The highest BCUT2D eigenvalue weighted by Gasteiger charge is 2.30. The smallest absolute Gasteiger partial charge is 0.462 e. The average molecular weight is 1390 g/mol. The highest BCUT2D eigenvalue weighted by atomic mass is 31.2. The van der Waals surface area contributed by atoms with E-state index in [0.717, 1.165) is 180 Å². The first kappa shape index (κ1) is 91.5. The quantitative estimate of drug-likeness (QED) is 0.0169. The summed E-state index contributed by atoms with van der Waals surface area (Å²) in [5.74, 6) is -2.27. The summed E-state index contributed by atoms with van der Waals surface area (Å²) in [6.07, 6.45) is 73.5. The van der Waals surface area contributed by atoms with Crippen LogP contribution in [0.3, 0.4) is 0 Å². The van der Waals surface area contributed by atoms with Crippen LogP contribution in [-0.2, 0) is 65.4 Å². The number of hydrogen-bond acceptors (Lipinski definition) is 15. The number of aliphatic hydroxyl groups excluding tert-OH is 1. The second-order valence-corrected chi connectivity index (χ2v) is 27.0. The molecule has 3 N–H and O–H groups in total. The van der Waals surface area contributed by atoms with Gasteiger partial charge in [0.25, 0.3) is 0 Å². The van der Waals surface area contributed by atoms with Gasteiger partial charge in [0.1, 0.15) is 19.3 Å². The van der Waals surface area contributed by atoms with Crippen LogP contribution < -0.4 is 0 Å². The zero-order valence-electron chi connectivity index (χ0n) is 59.8. The van der Waals surface area contributed by atoms with Crippen molar-refractivity contribution in [2.24, 2.45) is 0 Å². The van der Waals surface area contributed by atoms with Crippen LogP contribution in [0.4, 0.5) is 0 Å². The summed E-state index contributed by atoms with van der Waals surface area (Å²) in [6.45, 7) is 4.46. The van der Waals surface area contributed by atoms with E-state index >= 15 is 0 Å². The van der Waals surface area contributed by atoms with Crippen LogP contribution in [0.15, 0.2) is 122 Å². The maximum absolute atomic E-state index is 13.0. The summed E-state index contributed by atoms with van der Waals surface area (Å²) in [4.78, 5) is 72.7. The van der Waals surface area contributed by atoms with Gasteiger partial charge >= 0.3 is 39.5 Å². The maximum atomic E-state index is 13.0. The summed E-state index contributed by atoms with van der Waals surface area (Å²) in [5.41, 5.74) is 0. The molecule has 0 fully saturated rings. The molecule has 5 atom stereocenters. The molecule has 0 aromatic heterocycles. The second-order valence-electron chi connectivity index (χ2n) is 24.1.